The second-order valence-electron chi connectivity index (χ2n) is 4.32. The predicted molar refractivity (Wildman–Crippen MR) is 58.0 cm³/mol. The normalized spacial score (nSPS) is 24.9. The monoisotopic (exact) mass is 263 g/mol. The fourth-order valence-corrected chi connectivity index (χ4v) is 2.09. The lowest BCUT2D eigenvalue weighted by atomic mass is 9.88. The van der Waals surface area contributed by atoms with Crippen molar-refractivity contribution in [1.29, 1.82) is 0 Å². The first kappa shape index (κ1) is 13.1. The molecule has 0 radical (unpaired) electrons. The van der Waals surface area contributed by atoms with Crippen LogP contribution in [0.4, 0.5) is 17.6 Å². The van der Waals surface area contributed by atoms with Crippen LogP contribution in [-0.4, -0.2) is 19.5 Å². The van der Waals surface area contributed by atoms with Gasteiger partial charge in [-0.15, -0.1) is 13.2 Å². The second-order valence-corrected chi connectivity index (χ2v) is 4.32. The molecule has 1 aliphatic heterocycles. The summed E-state index contributed by atoms with van der Waals surface area (Å²) in [6, 6.07) is 5.12. The highest BCUT2D eigenvalue weighted by atomic mass is 19.4. The Kier molecular flexibility index (Phi) is 3.47. The van der Waals surface area contributed by atoms with Crippen LogP contribution in [0, 0.1) is 0 Å². The van der Waals surface area contributed by atoms with Gasteiger partial charge in [0.15, 0.2) is 0 Å². The Bertz CT molecular complexity index is 413. The van der Waals surface area contributed by atoms with Crippen molar-refractivity contribution in [3.05, 3.63) is 29.8 Å². The van der Waals surface area contributed by atoms with Gasteiger partial charge in [-0.2, -0.15) is 0 Å². The van der Waals surface area contributed by atoms with Crippen molar-refractivity contribution in [1.82, 2.24) is 5.32 Å². The maximum Gasteiger partial charge on any atom is 0.573 e. The summed E-state index contributed by atoms with van der Waals surface area (Å²) in [5.74, 6) is -0.386. The molecule has 100 valence electrons. The fraction of sp³-hybridized carbons (Fsp3) is 0.500. The van der Waals surface area contributed by atoms with Gasteiger partial charge in [0.05, 0.1) is 0 Å². The summed E-state index contributed by atoms with van der Waals surface area (Å²) < 4.78 is 54.6. The molecule has 2 rings (SSSR count). The van der Waals surface area contributed by atoms with Crippen molar-refractivity contribution in [2.75, 3.05) is 13.1 Å². The quantitative estimate of drug-likeness (QED) is 0.828. The van der Waals surface area contributed by atoms with Gasteiger partial charge < -0.3 is 10.1 Å². The molecule has 1 aliphatic rings. The predicted octanol–water partition coefficient (Wildman–Crippen LogP) is 3.13. The Morgan fingerprint density at radius 3 is 2.67 bits per heavy atom. The zero-order valence-corrected chi connectivity index (χ0v) is 9.56. The molecule has 0 saturated carbocycles. The molecule has 1 heterocycles. The average molecular weight is 263 g/mol. The number of hydrogen-bond acceptors (Lipinski definition) is 2. The van der Waals surface area contributed by atoms with Crippen LogP contribution in [0.1, 0.15) is 18.4 Å². The lowest BCUT2D eigenvalue weighted by Crippen LogP contribution is -2.40. The van der Waals surface area contributed by atoms with E-state index in [1.54, 1.807) is 0 Å². The number of nitrogens with one attached hydrogen (secondary N) is 1. The van der Waals surface area contributed by atoms with Gasteiger partial charge in [0, 0.05) is 6.54 Å². The number of halogens is 4. The van der Waals surface area contributed by atoms with Crippen LogP contribution < -0.4 is 10.1 Å². The molecule has 1 saturated heterocycles. The van der Waals surface area contributed by atoms with Crippen molar-refractivity contribution in [3.8, 4) is 5.75 Å². The van der Waals surface area contributed by atoms with E-state index in [0.29, 0.717) is 12.8 Å². The standard InChI is InChI=1S/C12H13F4NO/c13-11(5-2-6-17-8-11)9-3-1-4-10(7-9)18-12(14,15)16/h1,3-4,7,17H,2,5-6,8H2. The molecule has 0 bridgehead atoms. The van der Waals surface area contributed by atoms with Gasteiger partial charge in [0.25, 0.3) is 0 Å². The Labute approximate surface area is 102 Å². The van der Waals surface area contributed by atoms with E-state index in [9.17, 15) is 17.6 Å². The van der Waals surface area contributed by atoms with Gasteiger partial charge in [-0.1, -0.05) is 12.1 Å². The van der Waals surface area contributed by atoms with Crippen LogP contribution in [0.3, 0.4) is 0 Å². The molecule has 2 nitrogen and oxygen atoms in total. The Morgan fingerprint density at radius 2 is 2.06 bits per heavy atom. The van der Waals surface area contributed by atoms with Crippen LogP contribution >= 0.6 is 0 Å². The van der Waals surface area contributed by atoms with Crippen molar-refractivity contribution in [2.24, 2.45) is 0 Å². The zero-order valence-electron chi connectivity index (χ0n) is 9.56. The molecule has 0 aliphatic carbocycles. The number of benzene rings is 1. The molecule has 0 spiro atoms. The summed E-state index contributed by atoms with van der Waals surface area (Å²) in [6.45, 7) is 0.840. The van der Waals surface area contributed by atoms with Crippen LogP contribution in [-0.2, 0) is 5.67 Å². The van der Waals surface area contributed by atoms with E-state index in [4.69, 9.17) is 0 Å². The van der Waals surface area contributed by atoms with E-state index in [1.807, 2.05) is 0 Å². The lowest BCUT2D eigenvalue weighted by Gasteiger charge is -2.30. The van der Waals surface area contributed by atoms with Gasteiger partial charge >= 0.3 is 6.36 Å². The van der Waals surface area contributed by atoms with Gasteiger partial charge in [-0.25, -0.2) is 4.39 Å². The highest BCUT2D eigenvalue weighted by Gasteiger charge is 2.35. The molecule has 1 aromatic carbocycles. The van der Waals surface area contributed by atoms with Crippen LogP contribution in [0.5, 0.6) is 5.75 Å². The van der Waals surface area contributed by atoms with E-state index >= 15 is 0 Å². The summed E-state index contributed by atoms with van der Waals surface area (Å²) in [5.41, 5.74) is -1.40. The van der Waals surface area contributed by atoms with E-state index < -0.39 is 12.0 Å². The van der Waals surface area contributed by atoms with Crippen molar-refractivity contribution < 1.29 is 22.3 Å². The van der Waals surface area contributed by atoms with E-state index in [1.165, 1.54) is 12.1 Å². The number of piperidine rings is 1. The number of alkyl halides is 4. The third-order valence-electron chi connectivity index (χ3n) is 2.92. The molecule has 1 N–H and O–H groups in total. The summed E-state index contributed by atoms with van der Waals surface area (Å²) >= 11 is 0. The minimum Gasteiger partial charge on any atom is -0.406 e. The first-order valence-corrected chi connectivity index (χ1v) is 5.65. The SMILES string of the molecule is FC(F)(F)Oc1cccc(C2(F)CCCNC2)c1. The fourth-order valence-electron chi connectivity index (χ4n) is 2.09. The summed E-state index contributed by atoms with van der Waals surface area (Å²) in [6.07, 6.45) is -3.80. The van der Waals surface area contributed by atoms with E-state index in [2.05, 4.69) is 10.1 Å². The topological polar surface area (TPSA) is 21.3 Å². The molecule has 6 heteroatoms. The average Bonchev–Trinajstić information content (AvgIpc) is 2.28. The third kappa shape index (κ3) is 3.13. The van der Waals surface area contributed by atoms with Crippen LogP contribution in [0.15, 0.2) is 24.3 Å². The minimum atomic E-state index is -4.76. The van der Waals surface area contributed by atoms with Crippen molar-refractivity contribution >= 4 is 0 Å². The second kappa shape index (κ2) is 4.76. The highest BCUT2D eigenvalue weighted by Crippen LogP contribution is 2.35. The maximum atomic E-state index is 14.5. The molecule has 0 aromatic heterocycles. The molecular weight excluding hydrogens is 250 g/mol. The molecule has 1 unspecified atom stereocenters. The molecular formula is C12H13F4NO. The van der Waals surface area contributed by atoms with Gasteiger partial charge in [-0.3, -0.25) is 0 Å². The molecule has 1 atom stereocenters. The van der Waals surface area contributed by atoms with Gasteiger partial charge in [0.2, 0.25) is 0 Å². The van der Waals surface area contributed by atoms with Crippen molar-refractivity contribution in [2.45, 2.75) is 24.9 Å². The Hall–Kier alpha value is -1.30. The summed E-state index contributed by atoms with van der Waals surface area (Å²) in [5, 5.41) is 2.90. The first-order valence-electron chi connectivity index (χ1n) is 5.65. The van der Waals surface area contributed by atoms with Crippen LogP contribution in [0.2, 0.25) is 0 Å². The molecule has 1 fully saturated rings. The number of hydrogen-bond donors (Lipinski definition) is 1. The van der Waals surface area contributed by atoms with Gasteiger partial charge in [-0.05, 0) is 37.1 Å². The smallest absolute Gasteiger partial charge is 0.406 e. The van der Waals surface area contributed by atoms with Crippen molar-refractivity contribution in [3.63, 3.8) is 0 Å². The molecule has 18 heavy (non-hydrogen) atoms. The molecule has 1 aromatic rings. The Balaban J connectivity index is 2.21. The van der Waals surface area contributed by atoms with Crippen LogP contribution in [0.25, 0.3) is 0 Å². The van der Waals surface area contributed by atoms with E-state index in [0.717, 1.165) is 18.7 Å². The maximum absolute atomic E-state index is 14.5. The van der Waals surface area contributed by atoms with Gasteiger partial charge in [0.1, 0.15) is 11.4 Å². The Morgan fingerprint density at radius 1 is 1.28 bits per heavy atom. The first-order chi connectivity index (χ1) is 8.39. The number of ether oxygens (including phenoxy) is 1. The van der Waals surface area contributed by atoms with E-state index in [-0.39, 0.29) is 17.9 Å². The number of rotatable bonds is 2. The largest absolute Gasteiger partial charge is 0.573 e. The highest BCUT2D eigenvalue weighted by molar-refractivity contribution is 5.33. The lowest BCUT2D eigenvalue weighted by molar-refractivity contribution is -0.274. The molecule has 0 amide bonds. The summed E-state index contributed by atoms with van der Waals surface area (Å²) in [4.78, 5) is 0. The minimum absolute atomic E-state index is 0.114. The third-order valence-corrected chi connectivity index (χ3v) is 2.92. The zero-order chi connectivity index (χ0) is 13.2. The summed E-state index contributed by atoms with van der Waals surface area (Å²) in [7, 11) is 0.